The standard InChI is InChI=1S/C31H38ClF3N8O3/c1-7-17(3)30(45)42-14-20(46-16-18(42)4)15-43-24(32)13-39-28-27(43)26(38-6)21-10-9-19(11-22(21)41(28)8-2)29(44)40-25(36)12-23(37-5)31(33,34)35/h9-13,17-18,20,37H,6-8,14-16H2,1-5H3,(H2,36,40,44)/b23-12-/t17-,18+,20-/m1/s1. The van der Waals surface area contributed by atoms with Crippen molar-refractivity contribution in [2.24, 2.45) is 26.6 Å². The lowest BCUT2D eigenvalue weighted by molar-refractivity contribution is -0.148. The normalized spacial score (nSPS) is 21.3. The number of rotatable bonds is 9. The van der Waals surface area contributed by atoms with Crippen LogP contribution in [0.15, 0.2) is 62.0 Å². The highest BCUT2D eigenvalue weighted by Crippen LogP contribution is 2.42. The first-order valence-electron chi connectivity index (χ1n) is 14.9. The first-order chi connectivity index (χ1) is 21.7. The van der Waals surface area contributed by atoms with E-state index in [4.69, 9.17) is 22.1 Å². The van der Waals surface area contributed by atoms with Crippen LogP contribution in [-0.2, 0) is 9.53 Å². The summed E-state index contributed by atoms with van der Waals surface area (Å²) in [4.78, 5) is 44.2. The summed E-state index contributed by atoms with van der Waals surface area (Å²) in [7, 11) is 1.09. The molecule has 248 valence electrons. The molecule has 0 spiro atoms. The second-order valence-corrected chi connectivity index (χ2v) is 11.5. The van der Waals surface area contributed by atoms with Gasteiger partial charge >= 0.3 is 6.18 Å². The molecule has 3 atom stereocenters. The number of nitrogens with two attached hydrogens (primary N) is 1. The second-order valence-electron chi connectivity index (χ2n) is 11.1. The molecular formula is C31H38ClF3N8O3. The van der Waals surface area contributed by atoms with Gasteiger partial charge in [-0.1, -0.05) is 25.4 Å². The van der Waals surface area contributed by atoms with Gasteiger partial charge in [0.05, 0.1) is 42.9 Å². The average molecular weight is 663 g/mol. The van der Waals surface area contributed by atoms with Gasteiger partial charge in [-0.25, -0.2) is 4.99 Å². The van der Waals surface area contributed by atoms with Gasteiger partial charge in [0.2, 0.25) is 5.91 Å². The highest BCUT2D eigenvalue weighted by molar-refractivity contribution is 6.31. The fourth-order valence-electron chi connectivity index (χ4n) is 5.45. The number of benzene rings is 1. The molecule has 15 heteroatoms. The Morgan fingerprint density at radius 3 is 2.63 bits per heavy atom. The predicted octanol–water partition coefficient (Wildman–Crippen LogP) is 4.47. The molecular weight excluding hydrogens is 625 g/mol. The van der Waals surface area contributed by atoms with Crippen molar-refractivity contribution in [1.29, 1.82) is 0 Å². The van der Waals surface area contributed by atoms with Gasteiger partial charge in [0.1, 0.15) is 22.4 Å². The number of aliphatic imine (C=N–C) groups is 3. The third-order valence-corrected chi connectivity index (χ3v) is 8.39. The Hall–Kier alpha value is -4.17. The highest BCUT2D eigenvalue weighted by Gasteiger charge is 2.39. The lowest BCUT2D eigenvalue weighted by Gasteiger charge is -2.43. The van der Waals surface area contributed by atoms with E-state index in [1.807, 2.05) is 47.7 Å². The van der Waals surface area contributed by atoms with Gasteiger partial charge < -0.3 is 30.5 Å². The second kappa shape index (κ2) is 14.1. The lowest BCUT2D eigenvalue weighted by atomic mass is 9.97. The van der Waals surface area contributed by atoms with E-state index in [-0.39, 0.29) is 29.5 Å². The SMILES string of the molecule is C=NC1=C2C(=NC=C(Cl)N2C[C@H]2CN(C(=O)[C@H](C)CC)[C@@H](C)CO2)N(CC)c2cc(C(=O)N=C(N)/C=C(\NC)C(F)(F)F)ccc21. The summed E-state index contributed by atoms with van der Waals surface area (Å²) in [6, 6.07) is 4.64. The molecule has 0 unspecified atom stereocenters. The molecule has 3 N–H and O–H groups in total. The van der Waals surface area contributed by atoms with Crippen molar-refractivity contribution in [2.75, 3.05) is 38.2 Å². The number of allylic oxidation sites excluding steroid dienone is 1. The van der Waals surface area contributed by atoms with E-state index in [9.17, 15) is 22.8 Å². The Kier molecular flexibility index (Phi) is 10.6. The van der Waals surface area contributed by atoms with E-state index < -0.39 is 23.6 Å². The van der Waals surface area contributed by atoms with Crippen LogP contribution in [0.5, 0.6) is 0 Å². The Balaban J connectivity index is 1.70. The van der Waals surface area contributed by atoms with Crippen molar-refractivity contribution in [3.63, 3.8) is 0 Å². The molecule has 3 aliphatic rings. The molecule has 0 aromatic heterocycles. The largest absolute Gasteiger partial charge is 0.431 e. The number of hydrogen-bond acceptors (Lipinski definition) is 8. The zero-order chi connectivity index (χ0) is 33.9. The summed E-state index contributed by atoms with van der Waals surface area (Å²) in [5.74, 6) is -0.964. The molecule has 11 nitrogen and oxygen atoms in total. The van der Waals surface area contributed by atoms with Crippen LogP contribution in [0.25, 0.3) is 5.70 Å². The zero-order valence-corrected chi connectivity index (χ0v) is 27.1. The number of alkyl halides is 3. The third-order valence-electron chi connectivity index (χ3n) is 8.08. The van der Waals surface area contributed by atoms with Crippen molar-refractivity contribution >= 4 is 53.2 Å². The van der Waals surface area contributed by atoms with Crippen molar-refractivity contribution < 1.29 is 27.5 Å². The Labute approximate surface area is 271 Å². The van der Waals surface area contributed by atoms with E-state index in [1.54, 1.807) is 12.1 Å². The number of carbonyl (C=O) groups is 2. The van der Waals surface area contributed by atoms with Gasteiger partial charge in [-0.2, -0.15) is 18.2 Å². The van der Waals surface area contributed by atoms with Crippen LogP contribution in [0, 0.1) is 5.92 Å². The number of nitrogens with one attached hydrogen (secondary N) is 1. The quantitative estimate of drug-likeness (QED) is 0.227. The molecule has 3 aliphatic heterocycles. The van der Waals surface area contributed by atoms with Crippen molar-refractivity contribution in [2.45, 2.75) is 52.4 Å². The van der Waals surface area contributed by atoms with Crippen LogP contribution in [-0.4, -0.2) is 91.6 Å². The fraction of sp³-hybridized carbons (Fsp3) is 0.452. The Morgan fingerprint density at radius 1 is 1.30 bits per heavy atom. The minimum Gasteiger partial charge on any atom is -0.384 e. The average Bonchev–Trinajstić information content (AvgIpc) is 3.02. The van der Waals surface area contributed by atoms with Crippen LogP contribution in [0.4, 0.5) is 18.9 Å². The van der Waals surface area contributed by atoms with Gasteiger partial charge in [0.25, 0.3) is 5.91 Å². The van der Waals surface area contributed by atoms with E-state index in [0.29, 0.717) is 66.0 Å². The molecule has 0 radical (unpaired) electrons. The zero-order valence-electron chi connectivity index (χ0n) is 26.4. The number of carbonyl (C=O) groups excluding carboxylic acids is 2. The Bertz CT molecular complexity index is 1550. The number of morpholine rings is 1. The summed E-state index contributed by atoms with van der Waals surface area (Å²) in [5.41, 5.74) is 6.84. The maximum atomic E-state index is 13.1. The van der Waals surface area contributed by atoms with Crippen molar-refractivity contribution in [3.8, 4) is 0 Å². The number of likely N-dealkylation sites (N-methyl/N-ethyl adjacent to an activating group) is 1. The lowest BCUT2D eigenvalue weighted by Crippen LogP contribution is -2.55. The minimum absolute atomic E-state index is 0.0633. The van der Waals surface area contributed by atoms with Crippen molar-refractivity contribution in [1.82, 2.24) is 15.1 Å². The monoisotopic (exact) mass is 662 g/mol. The van der Waals surface area contributed by atoms with Crippen LogP contribution in [0.1, 0.15) is 50.0 Å². The molecule has 3 heterocycles. The first kappa shape index (κ1) is 34.7. The number of halogens is 4. The van der Waals surface area contributed by atoms with Gasteiger partial charge in [0.15, 0.2) is 5.84 Å². The molecule has 1 fully saturated rings. The van der Waals surface area contributed by atoms with E-state index in [1.165, 1.54) is 12.3 Å². The maximum absolute atomic E-state index is 13.1. The fourth-order valence-corrected chi connectivity index (χ4v) is 5.65. The molecule has 1 aromatic rings. The molecule has 4 rings (SSSR count). The molecule has 1 saturated heterocycles. The topological polar surface area (TPSA) is 128 Å². The van der Waals surface area contributed by atoms with Gasteiger partial charge in [-0.15, -0.1) is 0 Å². The summed E-state index contributed by atoms with van der Waals surface area (Å²) in [6.45, 7) is 13.1. The maximum Gasteiger partial charge on any atom is 0.431 e. The van der Waals surface area contributed by atoms with Crippen LogP contribution in [0.3, 0.4) is 0 Å². The number of ether oxygens (including phenoxy) is 1. The van der Waals surface area contributed by atoms with Crippen LogP contribution in [0.2, 0.25) is 0 Å². The van der Waals surface area contributed by atoms with Crippen LogP contribution >= 0.6 is 11.6 Å². The first-order valence-corrected chi connectivity index (χ1v) is 15.2. The smallest absolute Gasteiger partial charge is 0.384 e. The number of nitrogens with zero attached hydrogens (tertiary/aromatic N) is 6. The van der Waals surface area contributed by atoms with E-state index >= 15 is 0 Å². The number of anilines is 1. The molecule has 2 amide bonds. The van der Waals surface area contributed by atoms with Gasteiger partial charge in [-0.05, 0) is 45.2 Å². The number of amides is 2. The van der Waals surface area contributed by atoms with Crippen molar-refractivity contribution in [3.05, 3.63) is 58.2 Å². The van der Waals surface area contributed by atoms with Gasteiger partial charge in [0, 0.05) is 43.3 Å². The number of amidine groups is 2. The highest BCUT2D eigenvalue weighted by atomic mass is 35.5. The molecule has 1 aromatic carbocycles. The minimum atomic E-state index is -4.69. The van der Waals surface area contributed by atoms with E-state index in [2.05, 4.69) is 21.7 Å². The summed E-state index contributed by atoms with van der Waals surface area (Å²) < 4.78 is 45.5. The van der Waals surface area contributed by atoms with Gasteiger partial charge in [-0.3, -0.25) is 14.6 Å². The van der Waals surface area contributed by atoms with Crippen LogP contribution < -0.4 is 16.0 Å². The summed E-state index contributed by atoms with van der Waals surface area (Å²) in [6.07, 6.45) is -2.25. The predicted molar refractivity (Wildman–Crippen MR) is 174 cm³/mol. The molecule has 46 heavy (non-hydrogen) atoms. The summed E-state index contributed by atoms with van der Waals surface area (Å²) in [5, 5.41) is 2.33. The number of fused-ring (bicyclic) bond motifs is 2. The number of hydrogen-bond donors (Lipinski definition) is 2. The molecule has 0 saturated carbocycles. The summed E-state index contributed by atoms with van der Waals surface area (Å²) >= 11 is 6.73. The van der Waals surface area contributed by atoms with E-state index in [0.717, 1.165) is 13.5 Å². The third kappa shape index (κ3) is 6.97. The molecule has 0 aliphatic carbocycles. The Morgan fingerprint density at radius 2 is 2.02 bits per heavy atom. The molecule has 0 bridgehead atoms.